The zero-order chi connectivity index (χ0) is 39.6. The van der Waals surface area contributed by atoms with E-state index in [1.807, 2.05) is 85.7 Å². The molecule has 3 aromatic carbocycles. The predicted octanol–water partition coefficient (Wildman–Crippen LogP) is 5.08. The van der Waals surface area contributed by atoms with Crippen molar-refractivity contribution in [1.82, 2.24) is 15.7 Å². The fourth-order valence-electron chi connectivity index (χ4n) is 9.51. The summed E-state index contributed by atoms with van der Waals surface area (Å²) in [4.78, 5) is 36.4. The maximum Gasteiger partial charge on any atom is 0.251 e. The zero-order valence-corrected chi connectivity index (χ0v) is 33.6. The first-order chi connectivity index (χ1) is 26.3. The molecule has 3 aliphatic carbocycles. The standard InChI is InChI=1S/C44H60N4O7/c1-26-36-21-32(44(36,3)4)22-37(26)46-43(52)40-39(27(2)50)38(24-49)55-48(40)23-29-15-12-16-35(41(29)54-8)30-18-31(20-34(19-30)47(5)6)42(51)45-33(25-53-7)17-28-13-10-9-11-14-28/h9-16,18-20,26-27,32-33,36-40,49-50H,17,21-25H2,1-8H3,(H,45,51)(H,46,52)/t26-,27-,32+,33+,36+,37-,38-,39+,40-/m0/s1. The average Bonchev–Trinajstić information content (AvgIpc) is 3.54. The second kappa shape index (κ2) is 17.0. The molecule has 2 amide bonds. The van der Waals surface area contributed by atoms with Crippen LogP contribution < -0.4 is 20.3 Å². The number of benzene rings is 3. The number of nitrogens with zero attached hydrogens (tertiary/aromatic N) is 2. The lowest BCUT2D eigenvalue weighted by Crippen LogP contribution is -2.62. The summed E-state index contributed by atoms with van der Waals surface area (Å²) in [6, 6.07) is 20.5. The van der Waals surface area contributed by atoms with E-state index in [9.17, 15) is 19.8 Å². The lowest BCUT2D eigenvalue weighted by Gasteiger charge is -2.62. The maximum absolute atomic E-state index is 14.3. The Morgan fingerprint density at radius 2 is 1.80 bits per heavy atom. The normalized spacial score (nSPS) is 26.8. The van der Waals surface area contributed by atoms with Crippen LogP contribution in [0.5, 0.6) is 5.75 Å². The van der Waals surface area contributed by atoms with Crippen LogP contribution in [0, 0.1) is 29.1 Å². The van der Waals surface area contributed by atoms with Crippen molar-refractivity contribution < 1.29 is 34.1 Å². The van der Waals surface area contributed by atoms with Crippen molar-refractivity contribution in [2.45, 2.75) is 83.8 Å². The van der Waals surface area contributed by atoms with Crippen molar-refractivity contribution in [3.05, 3.63) is 83.4 Å². The molecule has 0 spiro atoms. The summed E-state index contributed by atoms with van der Waals surface area (Å²) in [6.45, 7) is 8.73. The number of nitrogens with one attached hydrogen (secondary N) is 2. The van der Waals surface area contributed by atoms with E-state index in [-0.39, 0.29) is 42.5 Å². The Kier molecular flexibility index (Phi) is 12.6. The van der Waals surface area contributed by atoms with E-state index in [2.05, 4.69) is 31.4 Å². The number of hydroxylamine groups is 2. The molecule has 9 atom stereocenters. The lowest BCUT2D eigenvalue weighted by atomic mass is 9.45. The van der Waals surface area contributed by atoms with Crippen LogP contribution in [0.2, 0.25) is 0 Å². The van der Waals surface area contributed by atoms with Gasteiger partial charge in [-0.1, -0.05) is 69.3 Å². The minimum absolute atomic E-state index is 0.0327. The fraction of sp³-hybridized carbons (Fsp3) is 0.545. The van der Waals surface area contributed by atoms with Crippen LogP contribution in [-0.4, -0.2) is 99.0 Å². The number of methoxy groups -OCH3 is 2. The summed E-state index contributed by atoms with van der Waals surface area (Å²) in [7, 11) is 7.10. The number of rotatable bonds is 15. The number of hydrogen-bond acceptors (Lipinski definition) is 9. The summed E-state index contributed by atoms with van der Waals surface area (Å²) in [5, 5.41) is 29.5. The number of hydrogen-bond donors (Lipinski definition) is 4. The quantitative estimate of drug-likeness (QED) is 0.168. The van der Waals surface area contributed by atoms with Gasteiger partial charge in [0.15, 0.2) is 0 Å². The van der Waals surface area contributed by atoms with E-state index in [1.54, 1.807) is 26.2 Å². The molecule has 7 rings (SSSR count). The van der Waals surface area contributed by atoms with Crippen molar-refractivity contribution in [2.24, 2.45) is 29.1 Å². The Labute approximate surface area is 326 Å². The molecule has 1 heterocycles. The molecule has 0 radical (unpaired) electrons. The maximum atomic E-state index is 14.3. The fourth-order valence-corrected chi connectivity index (χ4v) is 9.51. The molecule has 1 saturated heterocycles. The van der Waals surface area contributed by atoms with Gasteiger partial charge in [-0.15, -0.1) is 0 Å². The Morgan fingerprint density at radius 3 is 2.42 bits per heavy atom. The molecule has 3 saturated carbocycles. The Hall–Kier alpha value is -4.00. The largest absolute Gasteiger partial charge is 0.496 e. The summed E-state index contributed by atoms with van der Waals surface area (Å²) >= 11 is 0. The molecule has 298 valence electrons. The molecule has 4 N–H and O–H groups in total. The van der Waals surface area contributed by atoms with Gasteiger partial charge in [-0.05, 0) is 78.7 Å². The number of anilines is 1. The van der Waals surface area contributed by atoms with E-state index in [4.69, 9.17) is 14.3 Å². The summed E-state index contributed by atoms with van der Waals surface area (Å²) < 4.78 is 11.6. The van der Waals surface area contributed by atoms with Crippen LogP contribution >= 0.6 is 0 Å². The Morgan fingerprint density at radius 1 is 1.05 bits per heavy atom. The topological polar surface area (TPSA) is 133 Å². The smallest absolute Gasteiger partial charge is 0.251 e. The average molecular weight is 757 g/mol. The SMILES string of the molecule is COC[C@@H](Cc1ccccc1)NC(=O)c1cc(-c2cccc(CN3O[C@@H](CO)[C@@H]([C@H](C)O)[C@H]3C(=O)N[C@H]3C[C@H]4C[C@H]([C@@H]3C)C4(C)C)c2OC)cc(N(C)C)c1. The van der Waals surface area contributed by atoms with Crippen LogP contribution in [0.4, 0.5) is 5.69 Å². The van der Waals surface area contributed by atoms with Crippen LogP contribution in [-0.2, 0) is 27.3 Å². The number of aliphatic hydroxyl groups excluding tert-OH is 2. The van der Waals surface area contributed by atoms with Crippen molar-refractivity contribution in [2.75, 3.05) is 46.4 Å². The summed E-state index contributed by atoms with van der Waals surface area (Å²) in [6.07, 6.45) is 1.08. The summed E-state index contributed by atoms with van der Waals surface area (Å²) in [5.41, 5.74) is 5.00. The van der Waals surface area contributed by atoms with Gasteiger partial charge < -0.3 is 35.2 Å². The molecule has 2 bridgehead atoms. The highest BCUT2D eigenvalue weighted by Gasteiger charge is 2.57. The Balaban J connectivity index is 1.28. The molecule has 0 unspecified atom stereocenters. The number of para-hydroxylation sites is 1. The van der Waals surface area contributed by atoms with Crippen LogP contribution in [0.15, 0.2) is 66.7 Å². The molecule has 3 aromatic rings. The van der Waals surface area contributed by atoms with Gasteiger partial charge in [0.2, 0.25) is 5.91 Å². The van der Waals surface area contributed by atoms with Gasteiger partial charge >= 0.3 is 0 Å². The molecule has 4 aliphatic rings. The molecule has 55 heavy (non-hydrogen) atoms. The van der Waals surface area contributed by atoms with Crippen LogP contribution in [0.25, 0.3) is 11.1 Å². The highest BCUT2D eigenvalue weighted by atomic mass is 16.7. The van der Waals surface area contributed by atoms with Crippen molar-refractivity contribution in [3.63, 3.8) is 0 Å². The molecule has 11 heteroatoms. The third-order valence-electron chi connectivity index (χ3n) is 12.7. The predicted molar refractivity (Wildman–Crippen MR) is 214 cm³/mol. The number of amides is 2. The first-order valence-corrected chi connectivity index (χ1v) is 19.6. The number of carbonyl (C=O) groups is 2. The number of carbonyl (C=O) groups excluding carboxylic acids is 2. The number of fused-ring (bicyclic) bond motifs is 2. The van der Waals surface area contributed by atoms with E-state index in [0.29, 0.717) is 42.1 Å². The van der Waals surface area contributed by atoms with Gasteiger partial charge in [-0.3, -0.25) is 14.4 Å². The van der Waals surface area contributed by atoms with Crippen molar-refractivity contribution in [1.29, 1.82) is 0 Å². The third kappa shape index (κ3) is 8.42. The van der Waals surface area contributed by atoms with Gasteiger partial charge in [0.05, 0.1) is 39.0 Å². The van der Waals surface area contributed by atoms with E-state index in [1.165, 1.54) is 6.42 Å². The molecule has 1 aliphatic heterocycles. The first kappa shape index (κ1) is 40.7. The van der Waals surface area contributed by atoms with Gasteiger partial charge in [-0.2, -0.15) is 5.06 Å². The third-order valence-corrected chi connectivity index (χ3v) is 12.7. The molecule has 11 nitrogen and oxygen atoms in total. The first-order valence-electron chi connectivity index (χ1n) is 19.6. The highest BCUT2D eigenvalue weighted by Crippen LogP contribution is 2.61. The van der Waals surface area contributed by atoms with Gasteiger partial charge in [-0.25, -0.2) is 0 Å². The van der Waals surface area contributed by atoms with Crippen molar-refractivity contribution >= 4 is 17.5 Å². The molecule has 4 fully saturated rings. The van der Waals surface area contributed by atoms with Crippen LogP contribution in [0.3, 0.4) is 0 Å². The molecular formula is C44H60N4O7. The number of ether oxygens (including phenoxy) is 2. The van der Waals surface area contributed by atoms with E-state index >= 15 is 0 Å². The van der Waals surface area contributed by atoms with Gasteiger partial charge in [0.25, 0.3) is 5.91 Å². The lowest BCUT2D eigenvalue weighted by molar-refractivity contribution is -0.183. The molecular weight excluding hydrogens is 697 g/mol. The molecule has 0 aromatic heterocycles. The second-order valence-electron chi connectivity index (χ2n) is 16.7. The highest BCUT2D eigenvalue weighted by molar-refractivity contribution is 5.97. The van der Waals surface area contributed by atoms with E-state index in [0.717, 1.165) is 34.4 Å². The summed E-state index contributed by atoms with van der Waals surface area (Å²) in [5.74, 6) is 0.943. The van der Waals surface area contributed by atoms with E-state index < -0.39 is 24.2 Å². The van der Waals surface area contributed by atoms with Crippen molar-refractivity contribution in [3.8, 4) is 16.9 Å². The van der Waals surface area contributed by atoms with Gasteiger partial charge in [0.1, 0.15) is 17.9 Å². The second-order valence-corrected chi connectivity index (χ2v) is 16.7. The number of aliphatic hydroxyl groups is 2. The zero-order valence-electron chi connectivity index (χ0n) is 33.6. The minimum atomic E-state index is -0.906. The monoisotopic (exact) mass is 756 g/mol. The van der Waals surface area contributed by atoms with Gasteiger partial charge in [0, 0.05) is 55.5 Å². The van der Waals surface area contributed by atoms with Crippen LogP contribution in [0.1, 0.15) is 62.0 Å². The minimum Gasteiger partial charge on any atom is -0.496 e. The Bertz CT molecular complexity index is 1800.